The zero-order chi connectivity index (χ0) is 14.8. The molecular formula is C16H20N2O2. The Morgan fingerprint density at radius 2 is 1.85 bits per heavy atom. The Labute approximate surface area is 119 Å². The van der Waals surface area contributed by atoms with Gasteiger partial charge < -0.3 is 15.5 Å². The van der Waals surface area contributed by atoms with Gasteiger partial charge >= 0.3 is 0 Å². The maximum Gasteiger partial charge on any atom is 0.230 e. The summed E-state index contributed by atoms with van der Waals surface area (Å²) in [4.78, 5) is 12.3. The van der Waals surface area contributed by atoms with Crippen LogP contribution in [0.25, 0.3) is 0 Å². The monoisotopic (exact) mass is 272 g/mol. The van der Waals surface area contributed by atoms with Gasteiger partial charge in [0.2, 0.25) is 5.91 Å². The minimum absolute atomic E-state index is 0.0451. The number of amides is 1. The minimum atomic E-state index is -0.616. The topological polar surface area (TPSA) is 68.3 Å². The first-order valence-corrected chi connectivity index (χ1v) is 6.59. The normalized spacial score (nSPS) is 11.3. The Morgan fingerprint density at radius 1 is 1.20 bits per heavy atom. The quantitative estimate of drug-likeness (QED) is 0.841. The van der Waals surface area contributed by atoms with Gasteiger partial charge in [0, 0.05) is 5.69 Å². The Hall–Kier alpha value is -2.23. The molecule has 1 amide bonds. The van der Waals surface area contributed by atoms with Crippen molar-refractivity contribution in [3.05, 3.63) is 53.5 Å². The highest BCUT2D eigenvalue weighted by molar-refractivity contribution is 5.87. The number of hydrogen-bond donors (Lipinski definition) is 2. The Balaban J connectivity index is 2.05. The van der Waals surface area contributed by atoms with E-state index in [1.54, 1.807) is 12.1 Å². The van der Waals surface area contributed by atoms with Crippen molar-refractivity contribution in [1.29, 1.82) is 0 Å². The standard InChI is InChI=1S/C16H20N2O2/c1-11-4-9-14(20-11)10-18-15(19)16(2,3)12-5-7-13(17)8-6-12/h4-9H,10,17H2,1-3H3,(H,18,19). The zero-order valence-electron chi connectivity index (χ0n) is 12.1. The van der Waals surface area contributed by atoms with E-state index in [1.807, 2.05) is 45.0 Å². The summed E-state index contributed by atoms with van der Waals surface area (Å²) in [6.07, 6.45) is 0. The number of carbonyl (C=O) groups excluding carboxylic acids is 1. The fraction of sp³-hybridized carbons (Fsp3) is 0.312. The van der Waals surface area contributed by atoms with E-state index in [0.29, 0.717) is 12.2 Å². The third kappa shape index (κ3) is 3.02. The van der Waals surface area contributed by atoms with Gasteiger partial charge in [-0.3, -0.25) is 4.79 Å². The molecule has 0 aliphatic heterocycles. The number of nitrogen functional groups attached to an aromatic ring is 1. The zero-order valence-corrected chi connectivity index (χ0v) is 12.1. The number of aryl methyl sites for hydroxylation is 1. The maximum absolute atomic E-state index is 12.3. The molecule has 4 nitrogen and oxygen atoms in total. The summed E-state index contributed by atoms with van der Waals surface area (Å²) in [5.41, 5.74) is 6.68. The second-order valence-corrected chi connectivity index (χ2v) is 5.44. The molecule has 0 fully saturated rings. The SMILES string of the molecule is Cc1ccc(CNC(=O)C(C)(C)c2ccc(N)cc2)o1. The van der Waals surface area contributed by atoms with Crippen molar-refractivity contribution in [3.63, 3.8) is 0 Å². The fourth-order valence-corrected chi connectivity index (χ4v) is 2.00. The van der Waals surface area contributed by atoms with E-state index in [9.17, 15) is 4.79 Å². The van der Waals surface area contributed by atoms with Gasteiger partial charge in [0.05, 0.1) is 12.0 Å². The molecule has 1 aromatic heterocycles. The maximum atomic E-state index is 12.3. The molecule has 0 aliphatic rings. The van der Waals surface area contributed by atoms with Crippen molar-refractivity contribution in [2.45, 2.75) is 32.7 Å². The second-order valence-electron chi connectivity index (χ2n) is 5.44. The highest BCUT2D eigenvalue weighted by Crippen LogP contribution is 2.24. The molecule has 0 bridgehead atoms. The van der Waals surface area contributed by atoms with E-state index in [0.717, 1.165) is 17.1 Å². The molecule has 0 unspecified atom stereocenters. The van der Waals surface area contributed by atoms with Crippen molar-refractivity contribution >= 4 is 11.6 Å². The molecule has 1 aromatic carbocycles. The van der Waals surface area contributed by atoms with Gasteiger partial charge in [0.15, 0.2) is 0 Å². The number of nitrogens with two attached hydrogens (primary N) is 1. The summed E-state index contributed by atoms with van der Waals surface area (Å²) in [5.74, 6) is 1.55. The van der Waals surface area contributed by atoms with E-state index in [-0.39, 0.29) is 5.91 Å². The van der Waals surface area contributed by atoms with E-state index < -0.39 is 5.41 Å². The van der Waals surface area contributed by atoms with Gasteiger partial charge in [-0.05, 0) is 50.6 Å². The van der Waals surface area contributed by atoms with Crippen LogP contribution in [0, 0.1) is 6.92 Å². The molecule has 106 valence electrons. The first kappa shape index (κ1) is 14.2. The summed E-state index contributed by atoms with van der Waals surface area (Å²) in [7, 11) is 0. The molecular weight excluding hydrogens is 252 g/mol. The number of benzene rings is 1. The van der Waals surface area contributed by atoms with Crippen molar-refractivity contribution in [2.75, 3.05) is 5.73 Å². The lowest BCUT2D eigenvalue weighted by Crippen LogP contribution is -2.39. The minimum Gasteiger partial charge on any atom is -0.465 e. The van der Waals surface area contributed by atoms with Crippen LogP contribution in [-0.2, 0) is 16.8 Å². The van der Waals surface area contributed by atoms with Crippen LogP contribution < -0.4 is 11.1 Å². The van der Waals surface area contributed by atoms with Crippen LogP contribution in [0.1, 0.15) is 30.9 Å². The first-order chi connectivity index (χ1) is 9.39. The molecule has 0 saturated carbocycles. The molecule has 0 aliphatic carbocycles. The van der Waals surface area contributed by atoms with Crippen molar-refractivity contribution in [2.24, 2.45) is 0 Å². The van der Waals surface area contributed by atoms with Crippen LogP contribution in [-0.4, -0.2) is 5.91 Å². The number of anilines is 1. The number of rotatable bonds is 4. The van der Waals surface area contributed by atoms with Gasteiger partial charge in [-0.15, -0.1) is 0 Å². The van der Waals surface area contributed by atoms with Crippen LogP contribution in [0.5, 0.6) is 0 Å². The lowest BCUT2D eigenvalue weighted by atomic mass is 9.83. The molecule has 0 radical (unpaired) electrons. The number of furan rings is 1. The van der Waals surface area contributed by atoms with Crippen LogP contribution in [0.15, 0.2) is 40.8 Å². The van der Waals surface area contributed by atoms with Gasteiger partial charge in [-0.25, -0.2) is 0 Å². The molecule has 4 heteroatoms. The lowest BCUT2D eigenvalue weighted by Gasteiger charge is -2.24. The highest BCUT2D eigenvalue weighted by atomic mass is 16.3. The fourth-order valence-electron chi connectivity index (χ4n) is 2.00. The molecule has 3 N–H and O–H groups in total. The van der Waals surface area contributed by atoms with E-state index >= 15 is 0 Å². The summed E-state index contributed by atoms with van der Waals surface area (Å²) < 4.78 is 5.44. The van der Waals surface area contributed by atoms with Gasteiger partial charge in [-0.1, -0.05) is 12.1 Å². The first-order valence-electron chi connectivity index (χ1n) is 6.59. The lowest BCUT2D eigenvalue weighted by molar-refractivity contribution is -0.125. The van der Waals surface area contributed by atoms with Gasteiger partial charge in [-0.2, -0.15) is 0 Å². The number of nitrogens with one attached hydrogen (secondary N) is 1. The molecule has 2 aromatic rings. The van der Waals surface area contributed by atoms with Gasteiger partial charge in [0.25, 0.3) is 0 Å². The molecule has 0 saturated heterocycles. The van der Waals surface area contributed by atoms with Crippen LogP contribution in [0.3, 0.4) is 0 Å². The van der Waals surface area contributed by atoms with Crippen LogP contribution >= 0.6 is 0 Å². The van der Waals surface area contributed by atoms with Crippen LogP contribution in [0.4, 0.5) is 5.69 Å². The molecule has 0 atom stereocenters. The summed E-state index contributed by atoms with van der Waals surface area (Å²) >= 11 is 0. The molecule has 1 heterocycles. The van der Waals surface area contributed by atoms with Crippen molar-refractivity contribution < 1.29 is 9.21 Å². The summed E-state index contributed by atoms with van der Waals surface area (Å²) in [5, 5.41) is 2.90. The molecule has 20 heavy (non-hydrogen) atoms. The smallest absolute Gasteiger partial charge is 0.230 e. The summed E-state index contributed by atoms with van der Waals surface area (Å²) in [6, 6.07) is 11.1. The van der Waals surface area contributed by atoms with E-state index in [1.165, 1.54) is 0 Å². The average molecular weight is 272 g/mol. The number of carbonyl (C=O) groups is 1. The highest BCUT2D eigenvalue weighted by Gasteiger charge is 2.29. The number of hydrogen-bond acceptors (Lipinski definition) is 3. The van der Waals surface area contributed by atoms with Gasteiger partial charge in [0.1, 0.15) is 11.5 Å². The van der Waals surface area contributed by atoms with Crippen molar-refractivity contribution in [3.8, 4) is 0 Å². The van der Waals surface area contributed by atoms with Crippen molar-refractivity contribution in [1.82, 2.24) is 5.32 Å². The van der Waals surface area contributed by atoms with E-state index in [2.05, 4.69) is 5.32 Å². The average Bonchev–Trinajstić information content (AvgIpc) is 2.82. The third-order valence-electron chi connectivity index (χ3n) is 3.42. The molecule has 2 rings (SSSR count). The summed E-state index contributed by atoms with van der Waals surface area (Å²) in [6.45, 7) is 6.05. The predicted octanol–water partition coefficient (Wildman–Crippen LogP) is 2.76. The second kappa shape index (κ2) is 5.41. The molecule has 0 spiro atoms. The predicted molar refractivity (Wildman–Crippen MR) is 79.2 cm³/mol. The van der Waals surface area contributed by atoms with E-state index in [4.69, 9.17) is 10.2 Å². The Kier molecular flexibility index (Phi) is 3.84. The Morgan fingerprint density at radius 3 is 2.40 bits per heavy atom. The largest absolute Gasteiger partial charge is 0.465 e. The third-order valence-corrected chi connectivity index (χ3v) is 3.42. The Bertz CT molecular complexity index is 597. The van der Waals surface area contributed by atoms with Crippen LogP contribution in [0.2, 0.25) is 0 Å².